The van der Waals surface area contributed by atoms with Crippen LogP contribution >= 0.6 is 34.4 Å². The highest BCUT2D eigenvalue weighted by Crippen LogP contribution is 2.39. The summed E-state index contributed by atoms with van der Waals surface area (Å²) in [5.41, 5.74) is 2.14. The van der Waals surface area contributed by atoms with Crippen molar-refractivity contribution in [3.63, 3.8) is 0 Å². The van der Waals surface area contributed by atoms with Crippen LogP contribution in [0.4, 0.5) is 10.7 Å². The number of fused-ring (bicyclic) bond motifs is 2. The topological polar surface area (TPSA) is 133 Å². The molecule has 0 aliphatic heterocycles. The Balaban J connectivity index is 1.40. The average Bonchev–Trinajstić information content (AvgIpc) is 3.50. The summed E-state index contributed by atoms with van der Waals surface area (Å²) in [6, 6.07) is 4.55. The minimum Gasteiger partial charge on any atom is -0.465 e. The number of methoxy groups -OCH3 is 1. The van der Waals surface area contributed by atoms with E-state index in [1.807, 2.05) is 11.5 Å². The Labute approximate surface area is 212 Å². The zero-order valence-corrected chi connectivity index (χ0v) is 21.4. The molecule has 2 amide bonds. The van der Waals surface area contributed by atoms with Gasteiger partial charge in [-0.1, -0.05) is 11.3 Å². The minimum atomic E-state index is -0.461. The number of amides is 2. The second kappa shape index (κ2) is 10.7. The largest absolute Gasteiger partial charge is 0.465 e. The van der Waals surface area contributed by atoms with Gasteiger partial charge in [0.15, 0.2) is 4.80 Å². The van der Waals surface area contributed by atoms with Crippen LogP contribution in [-0.4, -0.2) is 45.9 Å². The number of benzene rings is 1. The van der Waals surface area contributed by atoms with Crippen LogP contribution in [0.1, 0.15) is 34.1 Å². The molecule has 184 valence electrons. The number of carbonyl (C=O) groups excluding carboxylic acids is 3. The first kappa shape index (κ1) is 25.1. The number of nitro groups is 1. The lowest BCUT2D eigenvalue weighted by Gasteiger charge is -2.06. The van der Waals surface area contributed by atoms with E-state index >= 15 is 0 Å². The SMILES string of the molecule is CCn1c(=NC(=O)CSCC(=O)Nc2sc3c(c2C(=O)OC)CCC3)sc2cc([N+](=O)[O-])ccc21. The fourth-order valence-corrected chi connectivity index (χ4v) is 6.95. The standard InChI is InChI=1S/C22H22N4O6S3/c1-3-25-14-8-7-12(26(30)31)9-16(14)35-22(25)24-18(28)11-33-10-17(27)23-20-19(21(29)32-2)13-5-4-6-15(13)34-20/h7-9H,3-6,10-11H2,1-2H3,(H,23,27). The monoisotopic (exact) mass is 534 g/mol. The van der Waals surface area contributed by atoms with Crippen LogP contribution < -0.4 is 10.1 Å². The first-order valence-electron chi connectivity index (χ1n) is 10.8. The highest BCUT2D eigenvalue weighted by atomic mass is 32.2. The van der Waals surface area contributed by atoms with Crippen LogP contribution in [0.3, 0.4) is 0 Å². The molecule has 0 spiro atoms. The van der Waals surface area contributed by atoms with E-state index in [0.717, 1.165) is 47.0 Å². The van der Waals surface area contributed by atoms with Gasteiger partial charge in [0.2, 0.25) is 5.91 Å². The maximum Gasteiger partial charge on any atom is 0.341 e. The summed E-state index contributed by atoms with van der Waals surface area (Å²) < 4.78 is 7.38. The molecule has 0 unspecified atom stereocenters. The Morgan fingerprint density at radius 3 is 2.77 bits per heavy atom. The molecule has 10 nitrogen and oxygen atoms in total. The molecule has 0 atom stereocenters. The van der Waals surface area contributed by atoms with Crippen LogP contribution in [0.2, 0.25) is 0 Å². The summed E-state index contributed by atoms with van der Waals surface area (Å²) in [5, 5.41) is 14.3. The quantitative estimate of drug-likeness (QED) is 0.264. The van der Waals surface area contributed by atoms with Crippen molar-refractivity contribution < 1.29 is 24.0 Å². The molecular weight excluding hydrogens is 512 g/mol. The number of aryl methyl sites for hydroxylation is 2. The fourth-order valence-electron chi connectivity index (χ4n) is 3.91. The molecule has 1 aliphatic rings. The highest BCUT2D eigenvalue weighted by Gasteiger charge is 2.28. The second-order valence-electron chi connectivity index (χ2n) is 7.64. The van der Waals surface area contributed by atoms with Crippen molar-refractivity contribution in [2.75, 3.05) is 23.9 Å². The number of carbonyl (C=O) groups is 3. The Morgan fingerprint density at radius 1 is 1.26 bits per heavy atom. The number of nitro benzene ring substituents is 1. The number of ether oxygens (including phenoxy) is 1. The third-order valence-electron chi connectivity index (χ3n) is 5.44. The van der Waals surface area contributed by atoms with Gasteiger partial charge in [-0.05, 0) is 37.8 Å². The predicted molar refractivity (Wildman–Crippen MR) is 136 cm³/mol. The highest BCUT2D eigenvalue weighted by molar-refractivity contribution is 8.00. The Bertz CT molecular complexity index is 1400. The van der Waals surface area contributed by atoms with E-state index in [0.29, 0.717) is 26.6 Å². The molecule has 13 heteroatoms. The molecule has 4 rings (SSSR count). The lowest BCUT2D eigenvalue weighted by molar-refractivity contribution is -0.384. The molecule has 2 aromatic heterocycles. The Kier molecular flexibility index (Phi) is 7.67. The van der Waals surface area contributed by atoms with Crippen LogP contribution in [0.5, 0.6) is 0 Å². The van der Waals surface area contributed by atoms with Crippen LogP contribution in [0.15, 0.2) is 23.2 Å². The van der Waals surface area contributed by atoms with Gasteiger partial charge in [-0.3, -0.25) is 19.7 Å². The summed E-state index contributed by atoms with van der Waals surface area (Å²) in [7, 11) is 1.32. The summed E-state index contributed by atoms with van der Waals surface area (Å²) in [5.74, 6) is -1.16. The number of nitrogens with one attached hydrogen (secondary N) is 1. The molecule has 3 aromatic rings. The van der Waals surface area contributed by atoms with Gasteiger partial charge in [-0.15, -0.1) is 23.1 Å². The number of hydrogen-bond donors (Lipinski definition) is 1. The fraction of sp³-hybridized carbons (Fsp3) is 0.364. The smallest absolute Gasteiger partial charge is 0.341 e. The molecule has 35 heavy (non-hydrogen) atoms. The Morgan fingerprint density at radius 2 is 2.06 bits per heavy atom. The summed E-state index contributed by atoms with van der Waals surface area (Å²) in [6.45, 7) is 2.45. The summed E-state index contributed by atoms with van der Waals surface area (Å²) in [6.07, 6.45) is 2.66. The van der Waals surface area contributed by atoms with E-state index in [1.165, 1.54) is 41.9 Å². The first-order valence-corrected chi connectivity index (χ1v) is 13.6. The van der Waals surface area contributed by atoms with Crippen molar-refractivity contribution in [2.24, 2.45) is 4.99 Å². The molecule has 0 bridgehead atoms. The number of thioether (sulfide) groups is 1. The van der Waals surface area contributed by atoms with Crippen molar-refractivity contribution >= 4 is 73.1 Å². The van der Waals surface area contributed by atoms with Crippen LogP contribution in [0.25, 0.3) is 10.2 Å². The van der Waals surface area contributed by atoms with E-state index in [4.69, 9.17) is 4.74 Å². The third-order valence-corrected chi connectivity index (χ3v) is 8.60. The summed E-state index contributed by atoms with van der Waals surface area (Å²) in [4.78, 5) is 53.4. The maximum absolute atomic E-state index is 12.5. The van der Waals surface area contributed by atoms with E-state index in [1.54, 1.807) is 6.07 Å². The number of rotatable bonds is 8. The number of aromatic nitrogens is 1. The number of esters is 1. The number of hydrogen-bond acceptors (Lipinski definition) is 9. The molecule has 0 radical (unpaired) electrons. The van der Waals surface area contributed by atoms with Gasteiger partial charge in [0.1, 0.15) is 5.00 Å². The number of thiazole rings is 1. The number of anilines is 1. The van der Waals surface area contributed by atoms with Gasteiger partial charge in [-0.2, -0.15) is 4.99 Å². The average molecular weight is 535 g/mol. The number of thiophene rings is 1. The zero-order chi connectivity index (χ0) is 25.1. The van der Waals surface area contributed by atoms with Crippen LogP contribution in [0, 0.1) is 10.1 Å². The van der Waals surface area contributed by atoms with Crippen molar-refractivity contribution in [1.82, 2.24) is 4.57 Å². The number of non-ortho nitro benzene ring substituents is 1. The van der Waals surface area contributed by atoms with Gasteiger partial charge < -0.3 is 14.6 Å². The van der Waals surface area contributed by atoms with E-state index in [2.05, 4.69) is 10.3 Å². The third kappa shape index (κ3) is 5.31. The zero-order valence-electron chi connectivity index (χ0n) is 19.0. The Hall–Kier alpha value is -3.03. The van der Waals surface area contributed by atoms with Crippen molar-refractivity contribution in [1.29, 1.82) is 0 Å². The van der Waals surface area contributed by atoms with Crippen molar-refractivity contribution in [3.05, 3.63) is 49.1 Å². The van der Waals surface area contributed by atoms with Crippen LogP contribution in [-0.2, 0) is 33.7 Å². The number of nitrogens with zero attached hydrogens (tertiary/aromatic N) is 3. The molecular formula is C22H22N4O6S3. The van der Waals surface area contributed by atoms with Gasteiger partial charge >= 0.3 is 5.97 Å². The first-order chi connectivity index (χ1) is 16.8. The van der Waals surface area contributed by atoms with Gasteiger partial charge in [0.05, 0.1) is 39.3 Å². The summed E-state index contributed by atoms with van der Waals surface area (Å²) >= 11 is 3.73. The van der Waals surface area contributed by atoms with E-state index in [-0.39, 0.29) is 23.1 Å². The molecule has 0 saturated carbocycles. The minimum absolute atomic E-state index is 0.00364. The molecule has 2 heterocycles. The molecule has 1 aromatic carbocycles. The van der Waals surface area contributed by atoms with Gasteiger partial charge in [-0.25, -0.2) is 4.79 Å². The lowest BCUT2D eigenvalue weighted by Crippen LogP contribution is -2.18. The normalized spacial score (nSPS) is 13.1. The predicted octanol–water partition coefficient (Wildman–Crippen LogP) is 3.77. The molecule has 0 fully saturated rings. The van der Waals surface area contributed by atoms with Gasteiger partial charge in [0.25, 0.3) is 11.6 Å². The molecule has 1 N–H and O–H groups in total. The van der Waals surface area contributed by atoms with Crippen molar-refractivity contribution in [2.45, 2.75) is 32.7 Å². The molecule has 1 aliphatic carbocycles. The van der Waals surface area contributed by atoms with E-state index in [9.17, 15) is 24.5 Å². The lowest BCUT2D eigenvalue weighted by atomic mass is 10.1. The van der Waals surface area contributed by atoms with E-state index < -0.39 is 16.8 Å². The second-order valence-corrected chi connectivity index (χ2v) is 10.7. The van der Waals surface area contributed by atoms with Crippen molar-refractivity contribution in [3.8, 4) is 0 Å². The van der Waals surface area contributed by atoms with Gasteiger partial charge in [0, 0.05) is 23.6 Å². The maximum atomic E-state index is 12.5. The molecule has 0 saturated heterocycles.